The van der Waals surface area contributed by atoms with Crippen LogP contribution in [0.1, 0.15) is 0 Å². The van der Waals surface area contributed by atoms with Gasteiger partial charge in [-0.15, -0.1) is 0 Å². The van der Waals surface area contributed by atoms with Crippen LogP contribution in [0.3, 0.4) is 0 Å². The van der Waals surface area contributed by atoms with Gasteiger partial charge in [0, 0.05) is 58.1 Å². The van der Waals surface area contributed by atoms with Crippen molar-refractivity contribution in [2.45, 2.75) is 6.10 Å². The summed E-state index contributed by atoms with van der Waals surface area (Å²) in [6.07, 6.45) is 0.137. The van der Waals surface area contributed by atoms with Crippen molar-refractivity contribution in [1.29, 1.82) is 0 Å². The van der Waals surface area contributed by atoms with E-state index in [4.69, 9.17) is 15.2 Å². The molecule has 0 aliphatic carbocycles. The predicted octanol–water partition coefficient (Wildman–Crippen LogP) is 0.791. The van der Waals surface area contributed by atoms with Crippen molar-refractivity contribution in [3.05, 3.63) is 24.3 Å². The molecular weight excluding hydrogens is 254 g/mol. The molecule has 1 aromatic rings. The molecule has 0 amide bonds. The molecule has 2 rings (SSSR count). The number of anilines is 1. The topological polar surface area (TPSA) is 51.0 Å². The summed E-state index contributed by atoms with van der Waals surface area (Å²) in [5, 5.41) is 0. The first-order valence-electron chi connectivity index (χ1n) is 7.11. The van der Waals surface area contributed by atoms with Gasteiger partial charge in [0.1, 0.15) is 5.75 Å². The lowest BCUT2D eigenvalue weighted by Crippen LogP contribution is -2.49. The van der Waals surface area contributed by atoms with Crippen LogP contribution in [0.5, 0.6) is 5.75 Å². The normalized spacial score (nSPS) is 18.1. The first kappa shape index (κ1) is 15.1. The Hall–Kier alpha value is -1.30. The summed E-state index contributed by atoms with van der Waals surface area (Å²) >= 11 is 0. The Bertz CT molecular complexity index is 402. The van der Waals surface area contributed by atoms with Crippen molar-refractivity contribution in [1.82, 2.24) is 4.90 Å². The van der Waals surface area contributed by atoms with E-state index in [1.807, 2.05) is 12.1 Å². The Morgan fingerprint density at radius 3 is 2.55 bits per heavy atom. The van der Waals surface area contributed by atoms with Gasteiger partial charge in [0.2, 0.25) is 0 Å². The van der Waals surface area contributed by atoms with Gasteiger partial charge in [0.25, 0.3) is 0 Å². The van der Waals surface area contributed by atoms with Crippen LogP contribution in [0.2, 0.25) is 0 Å². The van der Waals surface area contributed by atoms with Crippen LogP contribution in [0.25, 0.3) is 0 Å². The van der Waals surface area contributed by atoms with E-state index in [0.29, 0.717) is 6.54 Å². The summed E-state index contributed by atoms with van der Waals surface area (Å²) in [4.78, 5) is 4.81. The van der Waals surface area contributed by atoms with Crippen molar-refractivity contribution in [2.75, 3.05) is 58.4 Å². The number of nitrogens with two attached hydrogens (primary N) is 1. The van der Waals surface area contributed by atoms with Gasteiger partial charge >= 0.3 is 0 Å². The number of hydrogen-bond acceptors (Lipinski definition) is 5. The third-order valence-corrected chi connectivity index (χ3v) is 3.85. The average Bonchev–Trinajstić information content (AvgIpc) is 2.53. The quantitative estimate of drug-likeness (QED) is 0.834. The number of ether oxygens (including phenoxy) is 2. The number of rotatable bonds is 6. The standard InChI is InChI=1S/C15H25N3O2/c1-19-14-5-3-4-13(10-14)18-8-6-17(7-9-18)12-15(11-16)20-2/h3-5,10,15H,6-9,11-12,16H2,1-2H3. The van der Waals surface area contributed by atoms with Crippen LogP contribution in [0.4, 0.5) is 5.69 Å². The van der Waals surface area contributed by atoms with Gasteiger partial charge < -0.3 is 20.1 Å². The SMILES string of the molecule is COc1cccc(N2CCN(CC(CN)OC)CC2)c1. The summed E-state index contributed by atoms with van der Waals surface area (Å²) in [5.74, 6) is 0.910. The summed E-state index contributed by atoms with van der Waals surface area (Å²) < 4.78 is 10.6. The zero-order valence-corrected chi connectivity index (χ0v) is 12.4. The molecule has 1 unspecified atom stereocenters. The van der Waals surface area contributed by atoms with E-state index in [0.717, 1.165) is 38.5 Å². The molecule has 1 aliphatic heterocycles. The molecule has 0 spiro atoms. The second-order valence-corrected chi connectivity index (χ2v) is 5.08. The molecule has 1 aliphatic rings. The number of hydrogen-bond donors (Lipinski definition) is 1. The Morgan fingerprint density at radius 1 is 1.20 bits per heavy atom. The highest BCUT2D eigenvalue weighted by Crippen LogP contribution is 2.22. The number of methoxy groups -OCH3 is 2. The fraction of sp³-hybridized carbons (Fsp3) is 0.600. The highest BCUT2D eigenvalue weighted by Gasteiger charge is 2.19. The van der Waals surface area contributed by atoms with Gasteiger partial charge in [-0.05, 0) is 12.1 Å². The number of nitrogens with zero attached hydrogens (tertiary/aromatic N) is 2. The summed E-state index contributed by atoms with van der Waals surface area (Å²) in [7, 11) is 3.43. The summed E-state index contributed by atoms with van der Waals surface area (Å²) in [6, 6.07) is 8.24. The molecule has 1 atom stereocenters. The molecule has 5 heteroatoms. The largest absolute Gasteiger partial charge is 0.497 e. The molecule has 2 N–H and O–H groups in total. The fourth-order valence-electron chi connectivity index (χ4n) is 2.53. The Labute approximate surface area is 121 Å². The van der Waals surface area contributed by atoms with E-state index in [9.17, 15) is 0 Å². The van der Waals surface area contributed by atoms with Crippen LogP contribution in [-0.4, -0.2) is 64.5 Å². The van der Waals surface area contributed by atoms with E-state index in [-0.39, 0.29) is 6.10 Å². The third-order valence-electron chi connectivity index (χ3n) is 3.85. The minimum Gasteiger partial charge on any atom is -0.497 e. The molecule has 20 heavy (non-hydrogen) atoms. The van der Waals surface area contributed by atoms with Crippen LogP contribution >= 0.6 is 0 Å². The minimum atomic E-state index is 0.137. The number of piperazine rings is 1. The molecule has 1 fully saturated rings. The Kier molecular flexibility index (Phi) is 5.64. The van der Waals surface area contributed by atoms with Crippen molar-refractivity contribution in [3.63, 3.8) is 0 Å². The second kappa shape index (κ2) is 7.47. The molecule has 1 heterocycles. The van der Waals surface area contributed by atoms with Gasteiger partial charge in [-0.25, -0.2) is 0 Å². The average molecular weight is 279 g/mol. The smallest absolute Gasteiger partial charge is 0.120 e. The maximum atomic E-state index is 5.67. The molecule has 0 saturated carbocycles. The maximum Gasteiger partial charge on any atom is 0.120 e. The van der Waals surface area contributed by atoms with Crippen molar-refractivity contribution >= 4 is 5.69 Å². The fourth-order valence-corrected chi connectivity index (χ4v) is 2.53. The second-order valence-electron chi connectivity index (χ2n) is 5.08. The molecule has 1 saturated heterocycles. The lowest BCUT2D eigenvalue weighted by molar-refractivity contribution is 0.0679. The van der Waals surface area contributed by atoms with Gasteiger partial charge in [-0.3, -0.25) is 4.90 Å². The van der Waals surface area contributed by atoms with Crippen molar-refractivity contribution < 1.29 is 9.47 Å². The lowest BCUT2D eigenvalue weighted by atomic mass is 10.2. The molecule has 5 nitrogen and oxygen atoms in total. The zero-order valence-electron chi connectivity index (χ0n) is 12.4. The first-order chi connectivity index (χ1) is 9.76. The monoisotopic (exact) mass is 279 g/mol. The van der Waals surface area contributed by atoms with E-state index in [1.165, 1.54) is 5.69 Å². The van der Waals surface area contributed by atoms with E-state index < -0.39 is 0 Å². The minimum absolute atomic E-state index is 0.137. The first-order valence-corrected chi connectivity index (χ1v) is 7.11. The van der Waals surface area contributed by atoms with E-state index in [2.05, 4.69) is 21.9 Å². The van der Waals surface area contributed by atoms with E-state index in [1.54, 1.807) is 14.2 Å². The molecule has 1 aromatic carbocycles. The molecule has 0 bridgehead atoms. The maximum absolute atomic E-state index is 5.67. The molecule has 0 radical (unpaired) electrons. The Morgan fingerprint density at radius 2 is 1.95 bits per heavy atom. The van der Waals surface area contributed by atoms with Gasteiger partial charge in [0.15, 0.2) is 0 Å². The van der Waals surface area contributed by atoms with E-state index >= 15 is 0 Å². The molecule has 0 aromatic heterocycles. The predicted molar refractivity (Wildman–Crippen MR) is 81.5 cm³/mol. The van der Waals surface area contributed by atoms with Crippen molar-refractivity contribution in [2.24, 2.45) is 5.73 Å². The third kappa shape index (κ3) is 3.85. The number of benzene rings is 1. The Balaban J connectivity index is 1.87. The van der Waals surface area contributed by atoms with Crippen LogP contribution in [0, 0.1) is 0 Å². The van der Waals surface area contributed by atoms with Crippen LogP contribution < -0.4 is 15.4 Å². The van der Waals surface area contributed by atoms with Gasteiger partial charge in [-0.1, -0.05) is 6.07 Å². The van der Waals surface area contributed by atoms with Crippen LogP contribution in [0.15, 0.2) is 24.3 Å². The summed E-state index contributed by atoms with van der Waals surface area (Å²) in [5.41, 5.74) is 6.90. The van der Waals surface area contributed by atoms with Gasteiger partial charge in [0.05, 0.1) is 13.2 Å². The van der Waals surface area contributed by atoms with Crippen molar-refractivity contribution in [3.8, 4) is 5.75 Å². The molecule has 112 valence electrons. The van der Waals surface area contributed by atoms with Gasteiger partial charge in [-0.2, -0.15) is 0 Å². The lowest BCUT2D eigenvalue weighted by Gasteiger charge is -2.37. The van der Waals surface area contributed by atoms with Crippen LogP contribution in [-0.2, 0) is 4.74 Å². The molecular formula is C15H25N3O2. The summed E-state index contributed by atoms with van der Waals surface area (Å²) in [6.45, 7) is 5.61. The highest BCUT2D eigenvalue weighted by molar-refractivity contribution is 5.51. The highest BCUT2D eigenvalue weighted by atomic mass is 16.5. The zero-order chi connectivity index (χ0) is 14.4.